The topological polar surface area (TPSA) is 42.0 Å². The number of rotatable bonds is 3. The molecule has 1 amide bonds. The van der Waals surface area contributed by atoms with Crippen molar-refractivity contribution in [2.45, 2.75) is 33.1 Å². The lowest BCUT2D eigenvalue weighted by molar-refractivity contribution is 0.102. The Balaban J connectivity index is 1.72. The number of carbonyl (C=O) groups excluding carboxylic acids is 1. The van der Waals surface area contributed by atoms with E-state index in [9.17, 15) is 4.79 Å². The molecule has 132 valence electrons. The second-order valence-electron chi connectivity index (χ2n) is 7.58. The average molecular weight is 344 g/mol. The van der Waals surface area contributed by atoms with Crippen LogP contribution in [0.2, 0.25) is 0 Å². The highest BCUT2D eigenvalue weighted by molar-refractivity contribution is 6.04. The van der Waals surface area contributed by atoms with Gasteiger partial charge in [-0.1, -0.05) is 56.7 Å². The van der Waals surface area contributed by atoms with Gasteiger partial charge in [-0.25, -0.2) is 0 Å². The monoisotopic (exact) mass is 344 g/mol. The van der Waals surface area contributed by atoms with E-state index in [1.807, 2.05) is 36.4 Å². The second kappa shape index (κ2) is 7.12. The first-order valence-electron chi connectivity index (χ1n) is 8.78. The molecule has 26 heavy (non-hydrogen) atoms. The van der Waals surface area contributed by atoms with Crippen LogP contribution in [0.4, 0.5) is 5.69 Å². The van der Waals surface area contributed by atoms with Crippen LogP contribution in [0.3, 0.4) is 0 Å². The SMILES string of the molecule is Cc1cccc(-c2ccc(C(=O)Nc3ccc(C(C)(C)C)cc3)cn2)c1. The molecular weight excluding hydrogens is 320 g/mol. The summed E-state index contributed by atoms with van der Waals surface area (Å²) in [5, 5.41) is 2.93. The number of nitrogens with zero attached hydrogens (tertiary/aromatic N) is 1. The lowest BCUT2D eigenvalue weighted by atomic mass is 9.87. The van der Waals surface area contributed by atoms with Gasteiger partial charge < -0.3 is 5.32 Å². The molecule has 0 aliphatic rings. The van der Waals surface area contributed by atoms with Gasteiger partial charge in [-0.3, -0.25) is 9.78 Å². The minimum atomic E-state index is -0.156. The summed E-state index contributed by atoms with van der Waals surface area (Å²) in [5.74, 6) is -0.156. The number of aromatic nitrogens is 1. The Bertz CT molecular complexity index is 904. The van der Waals surface area contributed by atoms with Gasteiger partial charge in [-0.2, -0.15) is 0 Å². The number of nitrogens with one attached hydrogen (secondary N) is 1. The van der Waals surface area contributed by atoms with Gasteiger partial charge in [0.25, 0.3) is 5.91 Å². The van der Waals surface area contributed by atoms with Crippen LogP contribution in [0.15, 0.2) is 66.9 Å². The first kappa shape index (κ1) is 17.9. The second-order valence-corrected chi connectivity index (χ2v) is 7.58. The number of benzene rings is 2. The van der Waals surface area contributed by atoms with E-state index in [0.29, 0.717) is 5.56 Å². The van der Waals surface area contributed by atoms with Crippen LogP contribution in [-0.4, -0.2) is 10.9 Å². The Labute approximate surface area is 155 Å². The summed E-state index contributed by atoms with van der Waals surface area (Å²) in [6.07, 6.45) is 1.62. The molecular formula is C23H24N2O. The minimum Gasteiger partial charge on any atom is -0.322 e. The third-order valence-electron chi connectivity index (χ3n) is 4.35. The van der Waals surface area contributed by atoms with E-state index < -0.39 is 0 Å². The zero-order valence-electron chi connectivity index (χ0n) is 15.7. The maximum absolute atomic E-state index is 12.4. The molecule has 3 heteroatoms. The molecule has 0 atom stereocenters. The van der Waals surface area contributed by atoms with Crippen molar-refractivity contribution in [3.63, 3.8) is 0 Å². The Morgan fingerprint density at radius 2 is 1.69 bits per heavy atom. The summed E-state index contributed by atoms with van der Waals surface area (Å²) in [7, 11) is 0. The molecule has 3 rings (SSSR count). The van der Waals surface area contributed by atoms with Gasteiger partial charge in [0.05, 0.1) is 11.3 Å². The van der Waals surface area contributed by atoms with Gasteiger partial charge in [-0.05, 0) is 48.2 Å². The number of aryl methyl sites for hydroxylation is 1. The molecule has 0 unspecified atom stereocenters. The smallest absolute Gasteiger partial charge is 0.257 e. The summed E-state index contributed by atoms with van der Waals surface area (Å²) in [6, 6.07) is 19.8. The van der Waals surface area contributed by atoms with Crippen molar-refractivity contribution in [1.29, 1.82) is 0 Å². The Morgan fingerprint density at radius 1 is 0.962 bits per heavy atom. The zero-order valence-corrected chi connectivity index (χ0v) is 15.7. The molecule has 0 saturated carbocycles. The van der Waals surface area contributed by atoms with Crippen molar-refractivity contribution in [3.05, 3.63) is 83.6 Å². The van der Waals surface area contributed by atoms with Gasteiger partial charge in [0, 0.05) is 17.4 Å². The van der Waals surface area contributed by atoms with Crippen LogP contribution in [0.25, 0.3) is 11.3 Å². The maximum Gasteiger partial charge on any atom is 0.257 e. The first-order chi connectivity index (χ1) is 12.3. The Morgan fingerprint density at radius 3 is 2.27 bits per heavy atom. The summed E-state index contributed by atoms with van der Waals surface area (Å²) in [5.41, 5.74) is 5.75. The third kappa shape index (κ3) is 4.17. The van der Waals surface area contributed by atoms with E-state index in [1.165, 1.54) is 11.1 Å². The minimum absolute atomic E-state index is 0.0953. The summed E-state index contributed by atoms with van der Waals surface area (Å²) in [6.45, 7) is 8.56. The van der Waals surface area contributed by atoms with Crippen LogP contribution in [0, 0.1) is 6.92 Å². The number of hydrogen-bond donors (Lipinski definition) is 1. The molecule has 0 fully saturated rings. The fourth-order valence-electron chi connectivity index (χ4n) is 2.76. The third-order valence-corrected chi connectivity index (χ3v) is 4.35. The van der Waals surface area contributed by atoms with Crippen molar-refractivity contribution in [3.8, 4) is 11.3 Å². The molecule has 1 aromatic heterocycles. The van der Waals surface area contributed by atoms with Gasteiger partial charge in [-0.15, -0.1) is 0 Å². The number of hydrogen-bond acceptors (Lipinski definition) is 2. The lowest BCUT2D eigenvalue weighted by Crippen LogP contribution is -2.13. The van der Waals surface area contributed by atoms with Crippen LogP contribution in [-0.2, 0) is 5.41 Å². The van der Waals surface area contributed by atoms with Crippen LogP contribution < -0.4 is 5.32 Å². The summed E-state index contributed by atoms with van der Waals surface area (Å²) >= 11 is 0. The van der Waals surface area contributed by atoms with E-state index in [1.54, 1.807) is 6.20 Å². The van der Waals surface area contributed by atoms with Gasteiger partial charge >= 0.3 is 0 Å². The quantitative estimate of drug-likeness (QED) is 0.671. The predicted octanol–water partition coefficient (Wildman–Crippen LogP) is 5.61. The molecule has 2 aromatic carbocycles. The van der Waals surface area contributed by atoms with Crippen LogP contribution in [0.1, 0.15) is 42.3 Å². The van der Waals surface area contributed by atoms with Gasteiger partial charge in [0.2, 0.25) is 0 Å². The van der Waals surface area contributed by atoms with E-state index in [0.717, 1.165) is 16.9 Å². The highest BCUT2D eigenvalue weighted by Gasteiger charge is 2.13. The fourth-order valence-corrected chi connectivity index (χ4v) is 2.76. The molecule has 0 radical (unpaired) electrons. The first-order valence-corrected chi connectivity index (χ1v) is 8.78. The van der Waals surface area contributed by atoms with E-state index in [2.05, 4.69) is 62.3 Å². The molecule has 3 nitrogen and oxygen atoms in total. The summed E-state index contributed by atoms with van der Waals surface area (Å²) < 4.78 is 0. The standard InChI is InChI=1S/C23H24N2O/c1-16-6-5-7-17(14-16)21-13-8-18(15-24-21)22(26)25-20-11-9-19(10-12-20)23(2,3)4/h5-15H,1-4H3,(H,25,26). The average Bonchev–Trinajstić information content (AvgIpc) is 2.61. The number of anilines is 1. The van der Waals surface area contributed by atoms with Crippen molar-refractivity contribution in [2.24, 2.45) is 0 Å². The largest absolute Gasteiger partial charge is 0.322 e. The number of pyridine rings is 1. The van der Waals surface area contributed by atoms with Crippen LogP contribution in [0.5, 0.6) is 0 Å². The van der Waals surface area contributed by atoms with Crippen molar-refractivity contribution in [1.82, 2.24) is 4.98 Å². The molecule has 0 saturated heterocycles. The lowest BCUT2D eigenvalue weighted by Gasteiger charge is -2.19. The molecule has 0 aliphatic carbocycles. The van der Waals surface area contributed by atoms with Crippen molar-refractivity contribution < 1.29 is 4.79 Å². The Kier molecular flexibility index (Phi) is 4.90. The predicted molar refractivity (Wildman–Crippen MR) is 108 cm³/mol. The van der Waals surface area contributed by atoms with Crippen LogP contribution >= 0.6 is 0 Å². The fraction of sp³-hybridized carbons (Fsp3) is 0.217. The van der Waals surface area contributed by atoms with Crippen molar-refractivity contribution >= 4 is 11.6 Å². The Hall–Kier alpha value is -2.94. The molecule has 3 aromatic rings. The molecule has 0 spiro atoms. The molecule has 0 aliphatic heterocycles. The van der Waals surface area contributed by atoms with Gasteiger partial charge in [0.1, 0.15) is 0 Å². The zero-order chi connectivity index (χ0) is 18.7. The van der Waals surface area contributed by atoms with Crippen molar-refractivity contribution in [2.75, 3.05) is 5.32 Å². The highest BCUT2D eigenvalue weighted by Crippen LogP contribution is 2.24. The molecule has 0 bridgehead atoms. The normalized spacial score (nSPS) is 11.2. The van der Waals surface area contributed by atoms with E-state index in [-0.39, 0.29) is 11.3 Å². The maximum atomic E-state index is 12.4. The molecule has 1 heterocycles. The number of carbonyl (C=O) groups is 1. The highest BCUT2D eigenvalue weighted by atomic mass is 16.1. The van der Waals surface area contributed by atoms with Gasteiger partial charge in [0.15, 0.2) is 0 Å². The number of amides is 1. The van der Waals surface area contributed by atoms with E-state index >= 15 is 0 Å². The summed E-state index contributed by atoms with van der Waals surface area (Å²) in [4.78, 5) is 16.9. The molecule has 1 N–H and O–H groups in total. The van der Waals surface area contributed by atoms with E-state index in [4.69, 9.17) is 0 Å².